The first-order valence-corrected chi connectivity index (χ1v) is 7.62. The number of ether oxygens (including phenoxy) is 1. The Balaban J connectivity index is 2.04. The van der Waals surface area contributed by atoms with Crippen LogP contribution in [0.25, 0.3) is 0 Å². The van der Waals surface area contributed by atoms with Crippen LogP contribution < -0.4 is 10.1 Å². The Bertz CT molecular complexity index is 701. The smallest absolute Gasteiger partial charge is 0.265 e. The molecule has 5 heteroatoms. The fraction of sp³-hybridized carbons (Fsp3) is 0.235. The van der Waals surface area contributed by atoms with Gasteiger partial charge >= 0.3 is 0 Å². The van der Waals surface area contributed by atoms with Gasteiger partial charge in [-0.2, -0.15) is 0 Å². The Labute approximate surface area is 140 Å². The van der Waals surface area contributed by atoms with E-state index in [1.54, 1.807) is 25.1 Å². The number of rotatable bonds is 4. The van der Waals surface area contributed by atoms with Gasteiger partial charge < -0.3 is 10.1 Å². The highest BCUT2D eigenvalue weighted by molar-refractivity contribution is 6.35. The molecule has 1 N–H and O–H groups in total. The highest BCUT2D eigenvalue weighted by atomic mass is 35.5. The van der Waals surface area contributed by atoms with E-state index in [4.69, 9.17) is 27.9 Å². The number of halogens is 2. The summed E-state index contributed by atoms with van der Waals surface area (Å²) < 4.78 is 5.59. The maximum atomic E-state index is 12.2. The quantitative estimate of drug-likeness (QED) is 0.850. The third-order valence-electron chi connectivity index (χ3n) is 3.34. The first-order valence-electron chi connectivity index (χ1n) is 6.86. The third-order valence-corrected chi connectivity index (χ3v) is 3.87. The molecule has 116 valence electrons. The molecule has 0 bridgehead atoms. The molecule has 0 aliphatic heterocycles. The fourth-order valence-corrected chi connectivity index (χ4v) is 2.33. The molecule has 1 atom stereocenters. The zero-order valence-corrected chi connectivity index (χ0v) is 14.1. The molecule has 0 unspecified atom stereocenters. The zero-order chi connectivity index (χ0) is 16.3. The van der Waals surface area contributed by atoms with Crippen LogP contribution in [0, 0.1) is 13.8 Å². The highest BCUT2D eigenvalue weighted by Gasteiger charge is 2.16. The number of anilines is 1. The fourth-order valence-electron chi connectivity index (χ4n) is 1.88. The molecular formula is C17H17Cl2NO2. The monoisotopic (exact) mass is 337 g/mol. The van der Waals surface area contributed by atoms with E-state index in [1.165, 1.54) is 5.56 Å². The van der Waals surface area contributed by atoms with E-state index in [-0.39, 0.29) is 5.91 Å². The van der Waals surface area contributed by atoms with Crippen LogP contribution in [0.5, 0.6) is 5.75 Å². The topological polar surface area (TPSA) is 38.3 Å². The summed E-state index contributed by atoms with van der Waals surface area (Å²) in [5, 5.41) is 3.72. The molecule has 0 spiro atoms. The van der Waals surface area contributed by atoms with Crippen molar-refractivity contribution in [3.8, 4) is 5.75 Å². The van der Waals surface area contributed by atoms with Crippen molar-refractivity contribution in [2.75, 3.05) is 5.32 Å². The predicted molar refractivity (Wildman–Crippen MR) is 91.1 cm³/mol. The summed E-state index contributed by atoms with van der Waals surface area (Å²) in [6.45, 7) is 5.69. The summed E-state index contributed by atoms with van der Waals surface area (Å²) >= 11 is 11.9. The van der Waals surface area contributed by atoms with Gasteiger partial charge in [-0.15, -0.1) is 0 Å². The Kier molecular flexibility index (Phi) is 5.33. The number of aryl methyl sites for hydroxylation is 2. The molecular weight excluding hydrogens is 321 g/mol. The van der Waals surface area contributed by atoms with Gasteiger partial charge in [0, 0.05) is 10.7 Å². The van der Waals surface area contributed by atoms with E-state index in [9.17, 15) is 4.79 Å². The average molecular weight is 338 g/mol. The van der Waals surface area contributed by atoms with E-state index in [2.05, 4.69) is 5.32 Å². The van der Waals surface area contributed by atoms with Gasteiger partial charge in [0.1, 0.15) is 5.75 Å². The van der Waals surface area contributed by atoms with Gasteiger partial charge in [0.05, 0.1) is 5.02 Å². The summed E-state index contributed by atoms with van der Waals surface area (Å²) in [5.41, 5.74) is 3.04. The molecule has 1 amide bonds. The van der Waals surface area contributed by atoms with Gasteiger partial charge in [-0.05, 0) is 62.2 Å². The number of carbonyl (C=O) groups excluding carboxylic acids is 1. The van der Waals surface area contributed by atoms with E-state index in [0.717, 1.165) is 11.3 Å². The Morgan fingerprint density at radius 1 is 1.09 bits per heavy atom. The van der Waals surface area contributed by atoms with Crippen molar-refractivity contribution < 1.29 is 9.53 Å². The lowest BCUT2D eigenvalue weighted by Gasteiger charge is -2.16. The Morgan fingerprint density at radius 2 is 1.82 bits per heavy atom. The van der Waals surface area contributed by atoms with Crippen LogP contribution >= 0.6 is 23.2 Å². The van der Waals surface area contributed by atoms with Crippen LogP contribution in [0.2, 0.25) is 10.0 Å². The Morgan fingerprint density at radius 3 is 2.45 bits per heavy atom. The number of hydrogen-bond acceptors (Lipinski definition) is 2. The lowest BCUT2D eigenvalue weighted by Crippen LogP contribution is -2.30. The van der Waals surface area contributed by atoms with Gasteiger partial charge in [0.2, 0.25) is 0 Å². The molecule has 3 nitrogen and oxygen atoms in total. The van der Waals surface area contributed by atoms with E-state index in [0.29, 0.717) is 15.8 Å². The molecule has 0 aromatic heterocycles. The second-order valence-corrected chi connectivity index (χ2v) is 5.97. The molecule has 2 rings (SSSR count). The summed E-state index contributed by atoms with van der Waals surface area (Å²) in [7, 11) is 0. The summed E-state index contributed by atoms with van der Waals surface area (Å²) in [5.74, 6) is 0.183. The van der Waals surface area contributed by atoms with Crippen LogP contribution in [0.1, 0.15) is 18.1 Å². The minimum atomic E-state index is -0.680. The highest BCUT2D eigenvalue weighted by Crippen LogP contribution is 2.28. The Hall–Kier alpha value is -1.71. The van der Waals surface area contributed by atoms with Gasteiger partial charge in [0.15, 0.2) is 6.10 Å². The van der Waals surface area contributed by atoms with Crippen molar-refractivity contribution in [1.29, 1.82) is 0 Å². The van der Waals surface area contributed by atoms with E-state index >= 15 is 0 Å². The molecule has 2 aromatic carbocycles. The number of amides is 1. The van der Waals surface area contributed by atoms with Gasteiger partial charge in [-0.3, -0.25) is 4.79 Å². The van der Waals surface area contributed by atoms with Gasteiger partial charge in [-0.25, -0.2) is 0 Å². The normalized spacial score (nSPS) is 11.9. The molecule has 0 saturated heterocycles. The molecule has 0 saturated carbocycles. The second kappa shape index (κ2) is 7.03. The van der Waals surface area contributed by atoms with Crippen LogP contribution in [-0.4, -0.2) is 12.0 Å². The molecule has 0 heterocycles. The lowest BCUT2D eigenvalue weighted by molar-refractivity contribution is -0.122. The van der Waals surface area contributed by atoms with Crippen LogP contribution in [0.15, 0.2) is 36.4 Å². The molecule has 0 aliphatic rings. The first kappa shape index (κ1) is 16.7. The third kappa shape index (κ3) is 4.15. The summed E-state index contributed by atoms with van der Waals surface area (Å²) in [6, 6.07) is 10.6. The second-order valence-electron chi connectivity index (χ2n) is 5.12. The zero-order valence-electron chi connectivity index (χ0n) is 12.6. The average Bonchev–Trinajstić information content (AvgIpc) is 2.45. The van der Waals surface area contributed by atoms with Crippen molar-refractivity contribution >= 4 is 34.8 Å². The SMILES string of the molecule is Cc1ccc(NC(=O)[C@@H](C)Oc2ccc(Cl)cc2Cl)cc1C. The van der Waals surface area contributed by atoms with E-state index < -0.39 is 6.10 Å². The van der Waals surface area contributed by atoms with Crippen LogP contribution in [-0.2, 0) is 4.79 Å². The summed E-state index contributed by atoms with van der Waals surface area (Å²) in [6.07, 6.45) is -0.680. The van der Waals surface area contributed by atoms with Gasteiger partial charge in [-0.1, -0.05) is 29.3 Å². The number of nitrogens with one attached hydrogen (secondary N) is 1. The first-order chi connectivity index (χ1) is 10.4. The van der Waals surface area contributed by atoms with Crippen LogP contribution in [0.4, 0.5) is 5.69 Å². The maximum Gasteiger partial charge on any atom is 0.265 e. The summed E-state index contributed by atoms with van der Waals surface area (Å²) in [4.78, 5) is 12.2. The van der Waals surface area contributed by atoms with Gasteiger partial charge in [0.25, 0.3) is 5.91 Å². The van der Waals surface area contributed by atoms with Crippen molar-refractivity contribution in [1.82, 2.24) is 0 Å². The maximum absolute atomic E-state index is 12.2. The van der Waals surface area contributed by atoms with Crippen LogP contribution in [0.3, 0.4) is 0 Å². The molecule has 0 radical (unpaired) electrons. The number of hydrogen-bond donors (Lipinski definition) is 1. The van der Waals surface area contributed by atoms with Crippen molar-refractivity contribution in [3.05, 3.63) is 57.6 Å². The molecule has 2 aromatic rings. The number of carbonyl (C=O) groups is 1. The molecule has 22 heavy (non-hydrogen) atoms. The van der Waals surface area contributed by atoms with Crippen molar-refractivity contribution in [2.24, 2.45) is 0 Å². The largest absolute Gasteiger partial charge is 0.479 e. The van der Waals surface area contributed by atoms with E-state index in [1.807, 2.05) is 32.0 Å². The van der Waals surface area contributed by atoms with Crippen molar-refractivity contribution in [2.45, 2.75) is 26.9 Å². The minimum absolute atomic E-state index is 0.241. The predicted octanol–water partition coefficient (Wildman–Crippen LogP) is 5.02. The molecule has 0 fully saturated rings. The lowest BCUT2D eigenvalue weighted by atomic mass is 10.1. The molecule has 0 aliphatic carbocycles. The van der Waals surface area contributed by atoms with Crippen molar-refractivity contribution in [3.63, 3.8) is 0 Å². The standard InChI is InChI=1S/C17H17Cl2NO2/c1-10-4-6-14(8-11(10)2)20-17(21)12(3)22-16-7-5-13(18)9-15(16)19/h4-9,12H,1-3H3,(H,20,21)/t12-/m1/s1. The minimum Gasteiger partial charge on any atom is -0.479 e. The number of benzene rings is 2.